The van der Waals surface area contributed by atoms with Crippen LogP contribution >= 0.6 is 11.8 Å². The number of imidazole rings is 1. The lowest BCUT2D eigenvalue weighted by molar-refractivity contribution is -0.113. The van der Waals surface area contributed by atoms with Crippen LogP contribution in [0.3, 0.4) is 0 Å². The molecule has 1 amide bonds. The molecule has 0 spiro atoms. The molecule has 0 aliphatic carbocycles. The Hall–Kier alpha value is -2.54. The van der Waals surface area contributed by atoms with Crippen molar-refractivity contribution in [1.29, 1.82) is 0 Å². The van der Waals surface area contributed by atoms with Gasteiger partial charge >= 0.3 is 0 Å². The van der Waals surface area contributed by atoms with Crippen LogP contribution in [0.4, 0.5) is 5.82 Å². The van der Waals surface area contributed by atoms with Gasteiger partial charge in [-0.25, -0.2) is 9.67 Å². The Morgan fingerprint density at radius 3 is 2.67 bits per heavy atom. The molecular formula is C20H25N5OS. The highest BCUT2D eigenvalue weighted by Crippen LogP contribution is 2.27. The molecule has 3 rings (SSSR count). The molecule has 3 aromatic rings. The van der Waals surface area contributed by atoms with Gasteiger partial charge in [0.1, 0.15) is 5.82 Å². The number of carbonyl (C=O) groups is 1. The number of nitrogens with one attached hydrogen (secondary N) is 1. The number of hydrogen-bond donors (Lipinski definition) is 1. The van der Waals surface area contributed by atoms with Crippen molar-refractivity contribution in [2.24, 2.45) is 0 Å². The van der Waals surface area contributed by atoms with Crippen LogP contribution in [0.5, 0.6) is 0 Å². The summed E-state index contributed by atoms with van der Waals surface area (Å²) in [5.41, 5.74) is 2.36. The van der Waals surface area contributed by atoms with E-state index in [1.165, 1.54) is 17.3 Å². The number of amides is 1. The van der Waals surface area contributed by atoms with Gasteiger partial charge in [0.2, 0.25) is 5.91 Å². The normalized spacial score (nSPS) is 11.3. The number of hydrogen-bond acceptors (Lipinski definition) is 4. The van der Waals surface area contributed by atoms with Crippen LogP contribution in [-0.4, -0.2) is 31.0 Å². The fraction of sp³-hybridized carbons (Fsp3) is 0.350. The van der Waals surface area contributed by atoms with E-state index in [4.69, 9.17) is 0 Å². The van der Waals surface area contributed by atoms with Crippen LogP contribution in [0.1, 0.15) is 45.2 Å². The van der Waals surface area contributed by atoms with E-state index < -0.39 is 0 Å². The topological polar surface area (TPSA) is 64.7 Å². The van der Waals surface area contributed by atoms with Crippen molar-refractivity contribution in [2.75, 3.05) is 11.1 Å². The Labute approximate surface area is 164 Å². The van der Waals surface area contributed by atoms with Crippen LogP contribution in [0.15, 0.2) is 54.1 Å². The fourth-order valence-electron chi connectivity index (χ4n) is 2.91. The standard InChI is InChI=1S/C20H25N5OS/c1-14(2)16-7-5-6-8-17(16)24-12-11-21-20(24)27-13-19(26)23-18-9-10-22-25(18)15(3)4/h5-12,14-15H,13H2,1-4H3,(H,23,26). The number of aromatic nitrogens is 4. The SMILES string of the molecule is CC(C)c1ccccc1-n1ccnc1SCC(=O)Nc1ccnn1C(C)C. The van der Waals surface area contributed by atoms with Gasteiger partial charge < -0.3 is 5.32 Å². The monoisotopic (exact) mass is 383 g/mol. The van der Waals surface area contributed by atoms with Crippen molar-refractivity contribution in [3.8, 4) is 5.69 Å². The minimum absolute atomic E-state index is 0.0749. The van der Waals surface area contributed by atoms with Crippen LogP contribution < -0.4 is 5.32 Å². The highest BCUT2D eigenvalue weighted by Gasteiger charge is 2.14. The Morgan fingerprint density at radius 2 is 1.93 bits per heavy atom. The third-order valence-electron chi connectivity index (χ3n) is 4.18. The molecule has 0 aliphatic heterocycles. The minimum atomic E-state index is -0.0749. The summed E-state index contributed by atoms with van der Waals surface area (Å²) in [6.07, 6.45) is 5.40. The lowest BCUT2D eigenvalue weighted by atomic mass is 10.0. The van der Waals surface area contributed by atoms with E-state index in [0.717, 1.165) is 10.8 Å². The van der Waals surface area contributed by atoms with Crippen molar-refractivity contribution < 1.29 is 4.79 Å². The molecular weight excluding hydrogens is 358 g/mol. The number of thioether (sulfide) groups is 1. The molecule has 27 heavy (non-hydrogen) atoms. The van der Waals surface area contributed by atoms with Gasteiger partial charge in [-0.1, -0.05) is 43.8 Å². The van der Waals surface area contributed by atoms with Crippen LogP contribution in [0, 0.1) is 0 Å². The summed E-state index contributed by atoms with van der Waals surface area (Å²) < 4.78 is 3.84. The summed E-state index contributed by atoms with van der Waals surface area (Å²) in [7, 11) is 0. The lowest BCUT2D eigenvalue weighted by Crippen LogP contribution is -2.18. The molecule has 1 N–H and O–H groups in total. The molecule has 0 unspecified atom stereocenters. The maximum Gasteiger partial charge on any atom is 0.235 e. The van der Waals surface area contributed by atoms with Crippen molar-refractivity contribution in [3.05, 3.63) is 54.5 Å². The number of anilines is 1. The minimum Gasteiger partial charge on any atom is -0.310 e. The number of benzene rings is 1. The first kappa shape index (κ1) is 19.2. The van der Waals surface area contributed by atoms with E-state index >= 15 is 0 Å². The molecule has 0 aliphatic rings. The molecule has 0 atom stereocenters. The van der Waals surface area contributed by atoms with Gasteiger partial charge in [-0.2, -0.15) is 5.10 Å². The van der Waals surface area contributed by atoms with Crippen LogP contribution in [0.2, 0.25) is 0 Å². The van der Waals surface area contributed by atoms with Crippen molar-refractivity contribution in [3.63, 3.8) is 0 Å². The largest absolute Gasteiger partial charge is 0.310 e. The average Bonchev–Trinajstić information content (AvgIpc) is 3.29. The highest BCUT2D eigenvalue weighted by molar-refractivity contribution is 7.99. The first-order valence-corrected chi connectivity index (χ1v) is 10.0. The zero-order valence-electron chi connectivity index (χ0n) is 16.1. The Morgan fingerprint density at radius 1 is 1.15 bits per heavy atom. The van der Waals surface area contributed by atoms with Crippen molar-refractivity contribution in [2.45, 2.75) is 44.8 Å². The quantitative estimate of drug-likeness (QED) is 0.610. The van der Waals surface area contributed by atoms with Gasteiger partial charge in [0, 0.05) is 24.5 Å². The fourth-order valence-corrected chi connectivity index (χ4v) is 3.67. The predicted molar refractivity (Wildman–Crippen MR) is 110 cm³/mol. The molecule has 7 heteroatoms. The summed E-state index contributed by atoms with van der Waals surface area (Å²) in [5, 5.41) is 7.97. The highest BCUT2D eigenvalue weighted by atomic mass is 32.2. The second-order valence-electron chi connectivity index (χ2n) is 6.88. The van der Waals surface area contributed by atoms with Gasteiger partial charge in [0.05, 0.1) is 17.6 Å². The van der Waals surface area contributed by atoms with Crippen LogP contribution in [-0.2, 0) is 4.79 Å². The van der Waals surface area contributed by atoms with E-state index in [-0.39, 0.29) is 17.7 Å². The van der Waals surface area contributed by atoms with Gasteiger partial charge in [0.25, 0.3) is 0 Å². The Balaban J connectivity index is 1.71. The molecule has 0 saturated heterocycles. The predicted octanol–water partition coefficient (Wildman–Crippen LogP) is 4.50. The summed E-state index contributed by atoms with van der Waals surface area (Å²) in [4.78, 5) is 16.8. The lowest BCUT2D eigenvalue weighted by Gasteiger charge is -2.15. The van der Waals surface area contributed by atoms with Crippen molar-refractivity contribution in [1.82, 2.24) is 19.3 Å². The second kappa shape index (κ2) is 8.43. The van der Waals surface area contributed by atoms with E-state index in [9.17, 15) is 4.79 Å². The summed E-state index contributed by atoms with van der Waals surface area (Å²) in [6.45, 7) is 8.41. The zero-order valence-corrected chi connectivity index (χ0v) is 16.9. The van der Waals surface area contributed by atoms with Gasteiger partial charge in [0.15, 0.2) is 5.16 Å². The summed E-state index contributed by atoms with van der Waals surface area (Å²) in [5.74, 6) is 1.32. The number of rotatable bonds is 7. The molecule has 0 fully saturated rings. The number of carbonyl (C=O) groups excluding carboxylic acids is 1. The smallest absolute Gasteiger partial charge is 0.235 e. The van der Waals surface area contributed by atoms with E-state index in [1.54, 1.807) is 17.1 Å². The second-order valence-corrected chi connectivity index (χ2v) is 7.83. The first-order chi connectivity index (χ1) is 13.0. The average molecular weight is 384 g/mol. The third kappa shape index (κ3) is 4.42. The Bertz CT molecular complexity index is 913. The molecule has 0 radical (unpaired) electrons. The molecule has 0 saturated carbocycles. The molecule has 0 bridgehead atoms. The first-order valence-electron chi connectivity index (χ1n) is 9.06. The van der Waals surface area contributed by atoms with E-state index in [1.807, 2.05) is 42.8 Å². The molecule has 6 nitrogen and oxygen atoms in total. The molecule has 1 aromatic carbocycles. The third-order valence-corrected chi connectivity index (χ3v) is 5.15. The van der Waals surface area contributed by atoms with Crippen LogP contribution in [0.25, 0.3) is 5.69 Å². The molecule has 142 valence electrons. The van der Waals surface area contributed by atoms with E-state index in [2.05, 4.69) is 41.4 Å². The molecule has 2 heterocycles. The summed E-state index contributed by atoms with van der Waals surface area (Å²) >= 11 is 1.42. The van der Waals surface area contributed by atoms with Gasteiger partial charge in [-0.15, -0.1) is 0 Å². The van der Waals surface area contributed by atoms with Crippen molar-refractivity contribution >= 4 is 23.5 Å². The van der Waals surface area contributed by atoms with Gasteiger partial charge in [-0.05, 0) is 31.4 Å². The Kier molecular flexibility index (Phi) is 6.01. The summed E-state index contributed by atoms with van der Waals surface area (Å²) in [6, 6.07) is 10.3. The van der Waals surface area contributed by atoms with E-state index in [0.29, 0.717) is 11.7 Å². The number of nitrogens with zero attached hydrogens (tertiary/aromatic N) is 4. The maximum atomic E-state index is 12.4. The maximum absolute atomic E-state index is 12.4. The molecule has 2 aromatic heterocycles. The number of para-hydroxylation sites is 1. The zero-order chi connectivity index (χ0) is 19.4. The van der Waals surface area contributed by atoms with Gasteiger partial charge in [-0.3, -0.25) is 9.36 Å².